The predicted molar refractivity (Wildman–Crippen MR) is 92.8 cm³/mol. The van der Waals surface area contributed by atoms with E-state index >= 15 is 0 Å². The second-order valence-corrected chi connectivity index (χ2v) is 5.77. The van der Waals surface area contributed by atoms with Crippen LogP contribution in [0.3, 0.4) is 0 Å². The Balaban J connectivity index is 1.71. The van der Waals surface area contributed by atoms with E-state index in [1.807, 2.05) is 48.5 Å². The van der Waals surface area contributed by atoms with Gasteiger partial charge in [-0.1, -0.05) is 30.3 Å². The van der Waals surface area contributed by atoms with Crippen molar-refractivity contribution in [2.24, 2.45) is 0 Å². The van der Waals surface area contributed by atoms with Crippen molar-refractivity contribution >= 4 is 5.65 Å². The monoisotopic (exact) mass is 331 g/mol. The molecule has 6 nitrogen and oxygen atoms in total. The molecule has 0 atom stereocenters. The zero-order valence-corrected chi connectivity index (χ0v) is 13.1. The molecule has 0 spiro atoms. The van der Waals surface area contributed by atoms with Gasteiger partial charge in [0, 0.05) is 17.2 Å². The maximum atomic E-state index is 12.5. The fraction of sp³-hybridized carbons (Fsp3) is 0.0526. The van der Waals surface area contributed by atoms with Gasteiger partial charge >= 0.3 is 0 Å². The number of benzene rings is 2. The number of H-pyrrole nitrogens is 1. The molecular weight excluding hydrogens is 318 g/mol. The van der Waals surface area contributed by atoms with Crippen LogP contribution < -0.4 is 15.0 Å². The van der Waals surface area contributed by atoms with Crippen LogP contribution in [0.2, 0.25) is 0 Å². The van der Waals surface area contributed by atoms with Crippen molar-refractivity contribution in [3.05, 3.63) is 71.1 Å². The molecule has 25 heavy (non-hydrogen) atoms. The van der Waals surface area contributed by atoms with E-state index in [4.69, 9.17) is 9.47 Å². The molecule has 0 fully saturated rings. The van der Waals surface area contributed by atoms with Gasteiger partial charge in [0.05, 0.1) is 11.9 Å². The van der Waals surface area contributed by atoms with Crippen LogP contribution in [0.1, 0.15) is 0 Å². The first-order valence-electron chi connectivity index (χ1n) is 7.86. The lowest BCUT2D eigenvalue weighted by Crippen LogP contribution is -2.14. The Kier molecular flexibility index (Phi) is 2.90. The van der Waals surface area contributed by atoms with Gasteiger partial charge in [0.1, 0.15) is 5.65 Å². The third-order valence-corrected chi connectivity index (χ3v) is 4.27. The SMILES string of the molecule is O=c1cc(-c2ccc3c(c2)OCO3)[nH]c2c(-c3ccccc3)cnn12. The van der Waals surface area contributed by atoms with Crippen molar-refractivity contribution in [1.82, 2.24) is 14.6 Å². The Morgan fingerprint density at radius 3 is 2.68 bits per heavy atom. The second-order valence-electron chi connectivity index (χ2n) is 5.77. The molecule has 0 aliphatic carbocycles. The van der Waals surface area contributed by atoms with E-state index in [9.17, 15) is 4.79 Å². The number of rotatable bonds is 2. The summed E-state index contributed by atoms with van der Waals surface area (Å²) in [4.78, 5) is 15.8. The maximum absolute atomic E-state index is 12.5. The molecule has 1 aliphatic heterocycles. The van der Waals surface area contributed by atoms with Crippen LogP contribution in [0.15, 0.2) is 65.6 Å². The number of hydrogen-bond donors (Lipinski definition) is 1. The first kappa shape index (κ1) is 13.9. The molecule has 0 saturated heterocycles. The normalized spacial score (nSPS) is 12.6. The van der Waals surface area contributed by atoms with Crippen LogP contribution in [0.4, 0.5) is 0 Å². The zero-order valence-electron chi connectivity index (χ0n) is 13.1. The zero-order chi connectivity index (χ0) is 16.8. The van der Waals surface area contributed by atoms with Crippen molar-refractivity contribution in [3.63, 3.8) is 0 Å². The number of nitrogens with one attached hydrogen (secondary N) is 1. The average Bonchev–Trinajstić information content (AvgIpc) is 3.28. The lowest BCUT2D eigenvalue weighted by atomic mass is 10.1. The molecule has 4 aromatic rings. The molecular formula is C19H13N3O3. The molecule has 6 heteroatoms. The largest absolute Gasteiger partial charge is 0.454 e. The van der Waals surface area contributed by atoms with E-state index < -0.39 is 0 Å². The molecule has 2 aromatic heterocycles. The number of aromatic nitrogens is 3. The van der Waals surface area contributed by atoms with Crippen LogP contribution in [-0.4, -0.2) is 21.4 Å². The van der Waals surface area contributed by atoms with E-state index in [0.717, 1.165) is 16.7 Å². The predicted octanol–water partition coefficient (Wildman–Crippen LogP) is 3.09. The summed E-state index contributed by atoms with van der Waals surface area (Å²) in [7, 11) is 0. The van der Waals surface area contributed by atoms with Crippen molar-refractivity contribution in [2.75, 3.05) is 6.79 Å². The van der Waals surface area contributed by atoms with E-state index in [1.165, 1.54) is 10.6 Å². The molecule has 5 rings (SSSR count). The summed E-state index contributed by atoms with van der Waals surface area (Å²) in [5, 5.41) is 4.22. The van der Waals surface area contributed by atoms with Crippen LogP contribution >= 0.6 is 0 Å². The van der Waals surface area contributed by atoms with Crippen molar-refractivity contribution < 1.29 is 9.47 Å². The Bertz CT molecular complexity index is 1150. The van der Waals surface area contributed by atoms with Gasteiger partial charge in [0.15, 0.2) is 11.5 Å². The first-order chi connectivity index (χ1) is 12.3. The van der Waals surface area contributed by atoms with Crippen molar-refractivity contribution in [2.45, 2.75) is 0 Å². The molecule has 0 amide bonds. The third-order valence-electron chi connectivity index (χ3n) is 4.27. The van der Waals surface area contributed by atoms with Crippen molar-refractivity contribution in [3.8, 4) is 33.9 Å². The fourth-order valence-corrected chi connectivity index (χ4v) is 3.03. The van der Waals surface area contributed by atoms with Crippen molar-refractivity contribution in [1.29, 1.82) is 0 Å². The van der Waals surface area contributed by atoms with Gasteiger partial charge < -0.3 is 14.5 Å². The fourth-order valence-electron chi connectivity index (χ4n) is 3.03. The van der Waals surface area contributed by atoms with Gasteiger partial charge in [-0.2, -0.15) is 9.61 Å². The summed E-state index contributed by atoms with van der Waals surface area (Å²) < 4.78 is 12.1. The maximum Gasteiger partial charge on any atom is 0.274 e. The first-order valence-corrected chi connectivity index (χ1v) is 7.86. The number of fused-ring (bicyclic) bond motifs is 2. The highest BCUT2D eigenvalue weighted by Crippen LogP contribution is 2.35. The summed E-state index contributed by atoms with van der Waals surface area (Å²) >= 11 is 0. The Morgan fingerprint density at radius 1 is 0.960 bits per heavy atom. The molecule has 1 N–H and O–H groups in total. The summed E-state index contributed by atoms with van der Waals surface area (Å²) in [5.74, 6) is 1.39. The number of aromatic amines is 1. The van der Waals surface area contributed by atoms with E-state index in [1.54, 1.807) is 6.20 Å². The standard InChI is InChI=1S/C19H13N3O3/c23-18-9-15(13-6-7-16-17(8-13)25-11-24-16)21-19-14(10-20-22(18)19)12-4-2-1-3-5-12/h1-10,21H,11H2. The van der Waals surface area contributed by atoms with Gasteiger partial charge in [0.2, 0.25) is 6.79 Å². The molecule has 3 heterocycles. The topological polar surface area (TPSA) is 68.6 Å². The minimum atomic E-state index is -0.191. The minimum absolute atomic E-state index is 0.191. The molecule has 0 bridgehead atoms. The molecule has 0 unspecified atom stereocenters. The second kappa shape index (κ2) is 5.24. The molecule has 2 aromatic carbocycles. The van der Waals surface area contributed by atoms with E-state index in [-0.39, 0.29) is 12.4 Å². The summed E-state index contributed by atoms with van der Waals surface area (Å²) in [6, 6.07) is 17.0. The highest BCUT2D eigenvalue weighted by molar-refractivity contribution is 5.78. The highest BCUT2D eigenvalue weighted by atomic mass is 16.7. The Hall–Kier alpha value is -3.54. The quantitative estimate of drug-likeness (QED) is 0.613. The summed E-state index contributed by atoms with van der Waals surface area (Å²) in [5.41, 5.74) is 3.89. The van der Waals surface area contributed by atoms with Gasteiger partial charge in [-0.3, -0.25) is 4.79 Å². The number of hydrogen-bond acceptors (Lipinski definition) is 4. The summed E-state index contributed by atoms with van der Waals surface area (Å²) in [6.45, 7) is 0.217. The molecule has 0 radical (unpaired) electrons. The van der Waals surface area contributed by atoms with Gasteiger partial charge in [-0.25, -0.2) is 0 Å². The molecule has 1 aliphatic rings. The van der Waals surface area contributed by atoms with Gasteiger partial charge in [0.25, 0.3) is 5.56 Å². The van der Waals surface area contributed by atoms with Crippen LogP contribution in [0.5, 0.6) is 11.5 Å². The lowest BCUT2D eigenvalue weighted by Gasteiger charge is -2.06. The minimum Gasteiger partial charge on any atom is -0.454 e. The van der Waals surface area contributed by atoms with Crippen LogP contribution in [0, 0.1) is 0 Å². The smallest absolute Gasteiger partial charge is 0.274 e. The van der Waals surface area contributed by atoms with E-state index in [2.05, 4.69) is 10.1 Å². The highest BCUT2D eigenvalue weighted by Gasteiger charge is 2.16. The third kappa shape index (κ3) is 2.19. The molecule has 122 valence electrons. The van der Waals surface area contributed by atoms with Crippen LogP contribution in [0.25, 0.3) is 28.0 Å². The lowest BCUT2D eigenvalue weighted by molar-refractivity contribution is 0.174. The Morgan fingerprint density at radius 2 is 1.80 bits per heavy atom. The van der Waals surface area contributed by atoms with E-state index in [0.29, 0.717) is 22.8 Å². The van der Waals surface area contributed by atoms with Gasteiger partial charge in [-0.05, 0) is 23.8 Å². The summed E-state index contributed by atoms with van der Waals surface area (Å²) in [6.07, 6.45) is 1.70. The molecule has 0 saturated carbocycles. The average molecular weight is 331 g/mol. The van der Waals surface area contributed by atoms with Crippen LogP contribution in [-0.2, 0) is 0 Å². The number of nitrogens with zero attached hydrogens (tertiary/aromatic N) is 2. The Labute approximate surface area is 142 Å². The van der Waals surface area contributed by atoms with Gasteiger partial charge in [-0.15, -0.1) is 0 Å². The number of ether oxygens (including phenoxy) is 2.